The topological polar surface area (TPSA) is 55.1 Å². The number of piperidine rings is 1. The van der Waals surface area contributed by atoms with E-state index in [-0.39, 0.29) is 0 Å². The molecular weight excluding hydrogens is 300 g/mol. The van der Waals surface area contributed by atoms with Gasteiger partial charge in [-0.2, -0.15) is 0 Å². The Morgan fingerprint density at radius 1 is 0.958 bits per heavy atom. The molecule has 0 radical (unpaired) electrons. The monoisotopic (exact) mass is 326 g/mol. The van der Waals surface area contributed by atoms with Gasteiger partial charge in [0.2, 0.25) is 11.8 Å². The Labute approximate surface area is 143 Å². The van der Waals surface area contributed by atoms with Crippen LogP contribution in [0, 0.1) is 5.92 Å². The Morgan fingerprint density at radius 2 is 1.71 bits per heavy atom. The van der Waals surface area contributed by atoms with E-state index in [9.17, 15) is 0 Å². The predicted molar refractivity (Wildman–Crippen MR) is 92.5 cm³/mol. The van der Waals surface area contributed by atoms with Crippen molar-refractivity contribution in [3.05, 3.63) is 30.4 Å². The van der Waals surface area contributed by atoms with E-state index in [0.29, 0.717) is 11.8 Å². The summed E-state index contributed by atoms with van der Waals surface area (Å²) in [5.74, 6) is 2.75. The Balaban J connectivity index is 1.32. The zero-order chi connectivity index (χ0) is 16.2. The molecule has 2 aromatic heterocycles. The number of likely N-dealkylation sites (tertiary alicyclic amines) is 1. The minimum absolute atomic E-state index is 0.413. The normalized spacial score (nSPS) is 21.2. The van der Waals surface area contributed by atoms with E-state index in [1.807, 2.05) is 12.1 Å². The number of rotatable bonds is 4. The average Bonchev–Trinajstić information content (AvgIpc) is 3.14. The lowest BCUT2D eigenvalue weighted by molar-refractivity contribution is 0.157. The van der Waals surface area contributed by atoms with Crippen molar-refractivity contribution < 1.29 is 4.42 Å². The molecule has 2 fully saturated rings. The summed E-state index contributed by atoms with van der Waals surface area (Å²) in [4.78, 5) is 6.67. The summed E-state index contributed by atoms with van der Waals surface area (Å²) in [6.07, 6.45) is 12.9. The first kappa shape index (κ1) is 15.8. The maximum Gasteiger partial charge on any atom is 0.247 e. The first-order valence-electron chi connectivity index (χ1n) is 9.34. The zero-order valence-corrected chi connectivity index (χ0v) is 14.2. The highest BCUT2D eigenvalue weighted by Gasteiger charge is 2.26. The molecule has 0 N–H and O–H groups in total. The average molecular weight is 326 g/mol. The van der Waals surface area contributed by atoms with Crippen molar-refractivity contribution in [1.82, 2.24) is 20.1 Å². The molecular formula is C19H26N4O. The second-order valence-corrected chi connectivity index (χ2v) is 7.26. The fourth-order valence-corrected chi connectivity index (χ4v) is 4.11. The second kappa shape index (κ2) is 7.43. The largest absolute Gasteiger partial charge is 0.420 e. The lowest BCUT2D eigenvalue weighted by Crippen LogP contribution is -2.37. The first-order chi connectivity index (χ1) is 11.9. The molecule has 1 aliphatic carbocycles. The molecule has 1 saturated carbocycles. The molecule has 1 aliphatic heterocycles. The van der Waals surface area contributed by atoms with Crippen LogP contribution in [0.2, 0.25) is 0 Å². The van der Waals surface area contributed by atoms with Gasteiger partial charge in [-0.3, -0.25) is 4.98 Å². The summed E-state index contributed by atoms with van der Waals surface area (Å²) in [5.41, 5.74) is 0.943. The lowest BCUT2D eigenvalue weighted by atomic mass is 9.88. The maximum atomic E-state index is 5.93. The minimum atomic E-state index is 0.413. The molecule has 5 nitrogen and oxygen atoms in total. The molecule has 128 valence electrons. The van der Waals surface area contributed by atoms with Crippen LogP contribution in [0.25, 0.3) is 11.5 Å². The lowest BCUT2D eigenvalue weighted by Gasteiger charge is -2.34. The minimum Gasteiger partial charge on any atom is -0.420 e. The van der Waals surface area contributed by atoms with Crippen molar-refractivity contribution in [1.29, 1.82) is 0 Å². The first-order valence-corrected chi connectivity index (χ1v) is 9.34. The summed E-state index contributed by atoms with van der Waals surface area (Å²) < 4.78 is 5.93. The fraction of sp³-hybridized carbons (Fsp3) is 0.632. The molecule has 4 rings (SSSR count). The smallest absolute Gasteiger partial charge is 0.247 e. The number of hydrogen-bond acceptors (Lipinski definition) is 5. The van der Waals surface area contributed by atoms with Crippen molar-refractivity contribution in [2.75, 3.05) is 19.6 Å². The molecule has 0 aromatic carbocycles. The standard InChI is InChI=1S/C19H26N4O/c1-2-4-15(5-3-1)14-23-12-8-17(9-13-23)19-22-21-18(24-19)16-6-10-20-11-7-16/h6-7,10-11,15,17H,1-5,8-9,12-14H2. The number of hydrogen-bond donors (Lipinski definition) is 0. The van der Waals surface area contributed by atoms with Gasteiger partial charge in [0.05, 0.1) is 0 Å². The van der Waals surface area contributed by atoms with Gasteiger partial charge in [-0.15, -0.1) is 10.2 Å². The third-order valence-corrected chi connectivity index (χ3v) is 5.55. The molecule has 1 saturated heterocycles. The van der Waals surface area contributed by atoms with Crippen LogP contribution < -0.4 is 0 Å². The third-order valence-electron chi connectivity index (χ3n) is 5.55. The van der Waals surface area contributed by atoms with Crippen LogP contribution in [0.5, 0.6) is 0 Å². The van der Waals surface area contributed by atoms with Crippen LogP contribution in [0.15, 0.2) is 28.9 Å². The fourth-order valence-electron chi connectivity index (χ4n) is 4.11. The van der Waals surface area contributed by atoms with Crippen molar-refractivity contribution >= 4 is 0 Å². The highest BCUT2D eigenvalue weighted by molar-refractivity contribution is 5.50. The third kappa shape index (κ3) is 3.66. The number of pyridine rings is 1. The van der Waals surface area contributed by atoms with E-state index in [4.69, 9.17) is 4.42 Å². The molecule has 0 unspecified atom stereocenters. The molecule has 2 aromatic rings. The number of aromatic nitrogens is 3. The SMILES string of the molecule is c1cc(-c2nnc(C3CCN(CC4CCCCC4)CC3)o2)ccn1. The van der Waals surface area contributed by atoms with Crippen molar-refractivity contribution in [3.63, 3.8) is 0 Å². The molecule has 0 amide bonds. The van der Waals surface area contributed by atoms with Crippen LogP contribution in [0.3, 0.4) is 0 Å². The van der Waals surface area contributed by atoms with Gasteiger partial charge in [0, 0.05) is 30.4 Å². The van der Waals surface area contributed by atoms with Gasteiger partial charge < -0.3 is 9.32 Å². The van der Waals surface area contributed by atoms with E-state index in [2.05, 4.69) is 20.1 Å². The summed E-state index contributed by atoms with van der Waals surface area (Å²) in [6.45, 7) is 3.61. The van der Waals surface area contributed by atoms with Crippen LogP contribution >= 0.6 is 0 Å². The molecule has 5 heteroatoms. The Bertz CT molecular complexity index is 628. The van der Waals surface area contributed by atoms with E-state index in [1.54, 1.807) is 12.4 Å². The predicted octanol–water partition coefficient (Wildman–Crippen LogP) is 3.89. The van der Waals surface area contributed by atoms with Gasteiger partial charge >= 0.3 is 0 Å². The van der Waals surface area contributed by atoms with Gasteiger partial charge in [-0.05, 0) is 56.8 Å². The number of nitrogens with zero attached hydrogens (tertiary/aromatic N) is 4. The van der Waals surface area contributed by atoms with Crippen LogP contribution in [-0.2, 0) is 0 Å². The van der Waals surface area contributed by atoms with E-state index in [0.717, 1.165) is 43.3 Å². The van der Waals surface area contributed by atoms with E-state index in [1.165, 1.54) is 38.6 Å². The Morgan fingerprint density at radius 3 is 2.46 bits per heavy atom. The molecule has 3 heterocycles. The van der Waals surface area contributed by atoms with Gasteiger partial charge in [0.25, 0.3) is 0 Å². The van der Waals surface area contributed by atoms with Crippen molar-refractivity contribution in [2.45, 2.75) is 50.9 Å². The quantitative estimate of drug-likeness (QED) is 0.853. The summed E-state index contributed by atoms with van der Waals surface area (Å²) in [7, 11) is 0. The molecule has 2 aliphatic rings. The Kier molecular flexibility index (Phi) is 4.88. The summed E-state index contributed by atoms with van der Waals surface area (Å²) in [6, 6.07) is 3.81. The van der Waals surface area contributed by atoms with Crippen LogP contribution in [-0.4, -0.2) is 39.7 Å². The molecule has 0 atom stereocenters. The Hall–Kier alpha value is -1.75. The van der Waals surface area contributed by atoms with Gasteiger partial charge in [-0.25, -0.2) is 0 Å². The second-order valence-electron chi connectivity index (χ2n) is 7.26. The van der Waals surface area contributed by atoms with Gasteiger partial charge in [0.15, 0.2) is 0 Å². The zero-order valence-electron chi connectivity index (χ0n) is 14.2. The summed E-state index contributed by atoms with van der Waals surface area (Å²) >= 11 is 0. The van der Waals surface area contributed by atoms with Crippen molar-refractivity contribution in [2.24, 2.45) is 5.92 Å². The van der Waals surface area contributed by atoms with Crippen molar-refractivity contribution in [3.8, 4) is 11.5 Å². The van der Waals surface area contributed by atoms with Crippen LogP contribution in [0.1, 0.15) is 56.8 Å². The highest BCUT2D eigenvalue weighted by atomic mass is 16.4. The van der Waals surface area contributed by atoms with Gasteiger partial charge in [-0.1, -0.05) is 19.3 Å². The maximum absolute atomic E-state index is 5.93. The van der Waals surface area contributed by atoms with Gasteiger partial charge in [0.1, 0.15) is 0 Å². The summed E-state index contributed by atoms with van der Waals surface area (Å²) in [5, 5.41) is 8.52. The van der Waals surface area contributed by atoms with E-state index >= 15 is 0 Å². The highest BCUT2D eigenvalue weighted by Crippen LogP contribution is 2.31. The molecule has 24 heavy (non-hydrogen) atoms. The molecule has 0 bridgehead atoms. The van der Waals surface area contributed by atoms with Crippen LogP contribution in [0.4, 0.5) is 0 Å². The molecule has 0 spiro atoms. The van der Waals surface area contributed by atoms with E-state index < -0.39 is 0 Å².